The zero-order valence-corrected chi connectivity index (χ0v) is 22.9. The van der Waals surface area contributed by atoms with Gasteiger partial charge in [0.05, 0.1) is 11.6 Å². The van der Waals surface area contributed by atoms with E-state index < -0.39 is 19.6 Å². The van der Waals surface area contributed by atoms with E-state index in [4.69, 9.17) is 4.74 Å². The molecule has 1 heterocycles. The molecule has 1 saturated heterocycles. The molecule has 1 aliphatic heterocycles. The lowest BCUT2D eigenvalue weighted by atomic mass is 9.89. The second-order valence-corrected chi connectivity index (χ2v) is 12.7. The molecule has 7 heteroatoms. The molecule has 2 fully saturated rings. The maximum atomic E-state index is 15.2. The van der Waals surface area contributed by atoms with Gasteiger partial charge < -0.3 is 4.74 Å². The van der Waals surface area contributed by atoms with E-state index >= 15 is 4.57 Å². The van der Waals surface area contributed by atoms with Crippen LogP contribution < -0.4 is 5.09 Å². The number of fused-ring (bicyclic) bond motifs is 1. The summed E-state index contributed by atoms with van der Waals surface area (Å²) in [4.78, 5) is 13.2. The molecule has 2 aromatic rings. The molecule has 6 nitrogen and oxygen atoms in total. The van der Waals surface area contributed by atoms with Crippen LogP contribution in [-0.4, -0.2) is 39.5 Å². The Balaban J connectivity index is 1.67. The van der Waals surface area contributed by atoms with E-state index in [0.29, 0.717) is 0 Å². The van der Waals surface area contributed by atoms with E-state index in [1.807, 2.05) is 60.7 Å². The Morgan fingerprint density at radius 2 is 1.44 bits per heavy atom. The highest BCUT2D eigenvalue weighted by atomic mass is 31.2. The SMILES string of the molecule is C=C(C(=O)OCc1ccccc1)C(NP1(=O)N(C(C)C)[C@@H]2CCCC[C@H]2N1C(C)C)c1ccccc1. The highest BCUT2D eigenvalue weighted by Gasteiger charge is 2.57. The molecule has 1 aliphatic carbocycles. The summed E-state index contributed by atoms with van der Waals surface area (Å²) in [6, 6.07) is 19.3. The molecule has 0 aromatic heterocycles. The molecular formula is C29H40N3O3P. The molecule has 1 N–H and O–H groups in total. The Morgan fingerprint density at radius 3 is 1.94 bits per heavy atom. The van der Waals surface area contributed by atoms with Gasteiger partial charge in [0.15, 0.2) is 0 Å². The first-order valence-electron chi connectivity index (χ1n) is 13.1. The standard InChI is InChI=1S/C29H40N3O3P/c1-21(2)31-26-18-12-13-19-27(26)32(22(3)4)36(31,34)30-28(25-16-10-7-11-17-25)23(5)29(33)35-20-24-14-8-6-9-15-24/h6-11,14-17,21-22,26-28H,5,12-13,18-20H2,1-4H3,(H,30,34)/t26-,27-,28?/m1/s1. The zero-order valence-electron chi connectivity index (χ0n) is 22.0. The first-order valence-corrected chi connectivity index (χ1v) is 14.8. The Labute approximate surface area is 216 Å². The van der Waals surface area contributed by atoms with Gasteiger partial charge in [0.25, 0.3) is 7.59 Å². The van der Waals surface area contributed by atoms with Crippen LogP contribution in [0.1, 0.15) is 70.5 Å². The van der Waals surface area contributed by atoms with E-state index in [-0.39, 0.29) is 36.3 Å². The van der Waals surface area contributed by atoms with Crippen molar-refractivity contribution >= 4 is 13.6 Å². The summed E-state index contributed by atoms with van der Waals surface area (Å²) >= 11 is 0. The fourth-order valence-corrected chi connectivity index (χ4v) is 9.60. The van der Waals surface area contributed by atoms with Gasteiger partial charge >= 0.3 is 5.97 Å². The van der Waals surface area contributed by atoms with E-state index in [1.165, 1.54) is 0 Å². The third-order valence-electron chi connectivity index (χ3n) is 7.31. The third kappa shape index (κ3) is 5.38. The molecule has 194 valence electrons. The smallest absolute Gasteiger partial charge is 0.335 e. The Kier molecular flexibility index (Phi) is 8.52. The van der Waals surface area contributed by atoms with Gasteiger partial charge in [-0.3, -0.25) is 4.57 Å². The molecule has 1 saturated carbocycles. The predicted molar refractivity (Wildman–Crippen MR) is 145 cm³/mol. The topological polar surface area (TPSA) is 61.9 Å². The van der Waals surface area contributed by atoms with Crippen LogP contribution >= 0.6 is 7.59 Å². The minimum atomic E-state index is -3.25. The first kappa shape index (κ1) is 26.8. The molecule has 0 bridgehead atoms. The van der Waals surface area contributed by atoms with E-state index in [1.54, 1.807) is 0 Å². The quantitative estimate of drug-likeness (QED) is 0.237. The zero-order chi connectivity index (χ0) is 25.9. The van der Waals surface area contributed by atoms with Gasteiger partial charge in [0, 0.05) is 24.2 Å². The normalized spacial score (nSPS) is 22.9. The number of ether oxygens (including phenoxy) is 1. The number of nitrogens with one attached hydrogen (secondary N) is 1. The number of carbonyl (C=O) groups is 1. The van der Waals surface area contributed by atoms with Gasteiger partial charge in [-0.05, 0) is 51.7 Å². The van der Waals surface area contributed by atoms with Gasteiger partial charge in [-0.1, -0.05) is 80.1 Å². The maximum Gasteiger partial charge on any atom is 0.335 e. The molecule has 0 spiro atoms. The van der Waals surface area contributed by atoms with Crippen LogP contribution in [0.2, 0.25) is 0 Å². The van der Waals surface area contributed by atoms with Crippen LogP contribution in [0.25, 0.3) is 0 Å². The van der Waals surface area contributed by atoms with E-state index in [9.17, 15) is 4.79 Å². The van der Waals surface area contributed by atoms with Gasteiger partial charge in [-0.15, -0.1) is 0 Å². The average Bonchev–Trinajstić information content (AvgIpc) is 3.14. The lowest BCUT2D eigenvalue weighted by Gasteiger charge is -2.38. The van der Waals surface area contributed by atoms with Crippen molar-refractivity contribution in [3.8, 4) is 0 Å². The van der Waals surface area contributed by atoms with Crippen LogP contribution in [0.15, 0.2) is 72.8 Å². The molecule has 2 aliphatic rings. The number of hydrogen-bond acceptors (Lipinski definition) is 3. The first-order chi connectivity index (χ1) is 17.2. The van der Waals surface area contributed by atoms with Crippen molar-refractivity contribution in [2.75, 3.05) is 0 Å². The van der Waals surface area contributed by atoms with Crippen LogP contribution in [0.4, 0.5) is 0 Å². The van der Waals surface area contributed by atoms with Gasteiger partial charge in [-0.25, -0.2) is 19.2 Å². The largest absolute Gasteiger partial charge is 0.457 e. The molecule has 2 aromatic carbocycles. The highest BCUT2D eigenvalue weighted by molar-refractivity contribution is 7.57. The summed E-state index contributed by atoms with van der Waals surface area (Å²) in [5.74, 6) is -0.490. The number of nitrogens with zero attached hydrogens (tertiary/aromatic N) is 2. The van der Waals surface area contributed by atoms with Crippen LogP contribution in [0.5, 0.6) is 0 Å². The average molecular weight is 510 g/mol. The summed E-state index contributed by atoms with van der Waals surface area (Å²) in [6.45, 7) is 12.8. The van der Waals surface area contributed by atoms with Crippen molar-refractivity contribution in [1.29, 1.82) is 0 Å². The van der Waals surface area contributed by atoms with Gasteiger partial charge in [0.1, 0.15) is 6.61 Å². The fourth-order valence-electron chi connectivity index (χ4n) is 5.86. The number of rotatable bonds is 9. The van der Waals surface area contributed by atoms with Crippen LogP contribution in [-0.2, 0) is 20.7 Å². The fraction of sp³-hybridized carbons (Fsp3) is 0.483. The summed E-state index contributed by atoms with van der Waals surface area (Å²) in [5, 5.41) is 3.51. The van der Waals surface area contributed by atoms with Crippen molar-refractivity contribution in [1.82, 2.24) is 14.4 Å². The molecule has 0 amide bonds. The summed E-state index contributed by atoms with van der Waals surface area (Å²) in [7, 11) is -3.25. The van der Waals surface area contributed by atoms with Crippen LogP contribution in [0, 0.1) is 0 Å². The number of hydrogen-bond donors (Lipinski definition) is 1. The molecule has 36 heavy (non-hydrogen) atoms. The van der Waals surface area contributed by atoms with Crippen molar-refractivity contribution in [3.05, 3.63) is 83.9 Å². The minimum Gasteiger partial charge on any atom is -0.457 e. The van der Waals surface area contributed by atoms with Crippen molar-refractivity contribution < 1.29 is 14.1 Å². The Morgan fingerprint density at radius 1 is 0.944 bits per heavy atom. The number of carbonyl (C=O) groups excluding carboxylic acids is 1. The summed E-state index contributed by atoms with van der Waals surface area (Å²) < 4.78 is 25.2. The van der Waals surface area contributed by atoms with E-state index in [2.05, 4.69) is 48.7 Å². The maximum absolute atomic E-state index is 15.2. The molecule has 3 atom stereocenters. The summed E-state index contributed by atoms with van der Waals surface area (Å²) in [5.41, 5.74) is 2.01. The lowest BCUT2D eigenvalue weighted by Crippen LogP contribution is -2.43. The molecule has 4 rings (SSSR count). The summed E-state index contributed by atoms with van der Waals surface area (Å²) in [6.07, 6.45) is 4.37. The monoisotopic (exact) mass is 509 g/mol. The number of benzene rings is 2. The Bertz CT molecular complexity index is 1060. The number of esters is 1. The second-order valence-electron chi connectivity index (χ2n) is 10.5. The highest BCUT2D eigenvalue weighted by Crippen LogP contribution is 2.64. The molecule has 0 radical (unpaired) electrons. The minimum absolute atomic E-state index is 0.0902. The molecule has 1 unspecified atom stereocenters. The second kappa shape index (κ2) is 11.4. The van der Waals surface area contributed by atoms with Gasteiger partial charge in [-0.2, -0.15) is 0 Å². The van der Waals surface area contributed by atoms with E-state index in [0.717, 1.165) is 36.8 Å². The van der Waals surface area contributed by atoms with Crippen molar-refractivity contribution in [3.63, 3.8) is 0 Å². The Hall–Kier alpha value is -2.24. The predicted octanol–water partition coefficient (Wildman–Crippen LogP) is 6.47. The van der Waals surface area contributed by atoms with Crippen molar-refractivity contribution in [2.24, 2.45) is 0 Å². The van der Waals surface area contributed by atoms with Crippen LogP contribution in [0.3, 0.4) is 0 Å². The van der Waals surface area contributed by atoms with Gasteiger partial charge in [0.2, 0.25) is 0 Å². The third-order valence-corrected chi connectivity index (χ3v) is 10.7. The lowest BCUT2D eigenvalue weighted by molar-refractivity contribution is -0.140. The van der Waals surface area contributed by atoms with Crippen molar-refractivity contribution in [2.45, 2.75) is 90.2 Å². The molecular weight excluding hydrogens is 469 g/mol.